The largest absolute Gasteiger partial charge is 0.469 e. The standard InChI is InChI=1S/C15H17NO2/c1-11-3-4-13-10-14(6-5-12(13)9-11)16-8-7-15(17)18-2/h3-6,9-10,16H,7-8H2,1-2H3. The number of hydrogen-bond donors (Lipinski definition) is 1. The SMILES string of the molecule is COC(=O)CCNc1ccc2cc(C)ccc2c1. The number of esters is 1. The molecule has 0 atom stereocenters. The summed E-state index contributed by atoms with van der Waals surface area (Å²) in [6.07, 6.45) is 0.377. The molecule has 0 amide bonds. The van der Waals surface area contributed by atoms with Gasteiger partial charge in [0.2, 0.25) is 0 Å². The zero-order chi connectivity index (χ0) is 13.0. The fourth-order valence-electron chi connectivity index (χ4n) is 1.89. The molecule has 0 bridgehead atoms. The minimum Gasteiger partial charge on any atom is -0.469 e. The van der Waals surface area contributed by atoms with Crippen LogP contribution in [0.15, 0.2) is 36.4 Å². The van der Waals surface area contributed by atoms with E-state index in [4.69, 9.17) is 0 Å². The zero-order valence-corrected chi connectivity index (χ0v) is 10.7. The molecule has 2 aromatic carbocycles. The van der Waals surface area contributed by atoms with Gasteiger partial charge in [0.25, 0.3) is 0 Å². The molecule has 2 aromatic rings. The second-order valence-electron chi connectivity index (χ2n) is 4.32. The lowest BCUT2D eigenvalue weighted by Crippen LogP contribution is -2.09. The molecule has 1 N–H and O–H groups in total. The van der Waals surface area contributed by atoms with Crippen LogP contribution in [-0.2, 0) is 9.53 Å². The van der Waals surface area contributed by atoms with Crippen molar-refractivity contribution in [2.75, 3.05) is 19.0 Å². The number of anilines is 1. The Hall–Kier alpha value is -2.03. The number of carbonyl (C=O) groups excluding carboxylic acids is 1. The lowest BCUT2D eigenvalue weighted by atomic mass is 10.1. The van der Waals surface area contributed by atoms with Crippen LogP contribution in [0.4, 0.5) is 5.69 Å². The Bertz CT molecular complexity index is 563. The minimum absolute atomic E-state index is 0.195. The highest BCUT2D eigenvalue weighted by atomic mass is 16.5. The summed E-state index contributed by atoms with van der Waals surface area (Å²) < 4.78 is 4.59. The number of carbonyl (C=O) groups is 1. The Morgan fingerprint density at radius 1 is 1.17 bits per heavy atom. The Morgan fingerprint density at radius 2 is 1.89 bits per heavy atom. The van der Waals surface area contributed by atoms with Crippen molar-refractivity contribution in [3.05, 3.63) is 42.0 Å². The third-order valence-corrected chi connectivity index (χ3v) is 2.88. The topological polar surface area (TPSA) is 38.3 Å². The number of fused-ring (bicyclic) bond motifs is 1. The molecule has 18 heavy (non-hydrogen) atoms. The van der Waals surface area contributed by atoms with E-state index in [0.29, 0.717) is 13.0 Å². The average molecular weight is 243 g/mol. The number of aryl methyl sites for hydroxylation is 1. The van der Waals surface area contributed by atoms with Gasteiger partial charge >= 0.3 is 5.97 Å². The molecule has 0 saturated carbocycles. The lowest BCUT2D eigenvalue weighted by Gasteiger charge is -2.07. The van der Waals surface area contributed by atoms with Crippen LogP contribution in [0.5, 0.6) is 0 Å². The van der Waals surface area contributed by atoms with Crippen LogP contribution in [0.3, 0.4) is 0 Å². The van der Waals surface area contributed by atoms with Gasteiger partial charge in [-0.1, -0.05) is 29.8 Å². The van der Waals surface area contributed by atoms with Gasteiger partial charge in [0, 0.05) is 12.2 Å². The van der Waals surface area contributed by atoms with Crippen LogP contribution in [0.25, 0.3) is 10.8 Å². The Morgan fingerprint density at radius 3 is 2.67 bits per heavy atom. The van der Waals surface area contributed by atoms with E-state index in [9.17, 15) is 4.79 Å². The molecular formula is C15H17NO2. The van der Waals surface area contributed by atoms with Crippen molar-refractivity contribution in [2.45, 2.75) is 13.3 Å². The normalized spacial score (nSPS) is 10.3. The van der Waals surface area contributed by atoms with Gasteiger partial charge in [-0.05, 0) is 29.8 Å². The molecule has 0 aliphatic rings. The first kappa shape index (κ1) is 12.4. The molecule has 0 heterocycles. The molecule has 3 nitrogen and oxygen atoms in total. The highest BCUT2D eigenvalue weighted by Crippen LogP contribution is 2.20. The number of rotatable bonds is 4. The molecule has 0 aliphatic heterocycles. The van der Waals surface area contributed by atoms with Crippen molar-refractivity contribution in [1.82, 2.24) is 0 Å². The van der Waals surface area contributed by atoms with Gasteiger partial charge in [0.05, 0.1) is 13.5 Å². The molecule has 0 fully saturated rings. The van der Waals surface area contributed by atoms with Crippen molar-refractivity contribution >= 4 is 22.4 Å². The van der Waals surface area contributed by atoms with Gasteiger partial charge in [-0.25, -0.2) is 0 Å². The molecular weight excluding hydrogens is 226 g/mol. The van der Waals surface area contributed by atoms with E-state index in [2.05, 4.69) is 47.3 Å². The van der Waals surface area contributed by atoms with Crippen LogP contribution in [0, 0.1) is 6.92 Å². The van der Waals surface area contributed by atoms with E-state index in [1.807, 2.05) is 6.07 Å². The van der Waals surface area contributed by atoms with Gasteiger partial charge in [-0.3, -0.25) is 4.79 Å². The van der Waals surface area contributed by atoms with Crippen LogP contribution in [0.1, 0.15) is 12.0 Å². The number of benzene rings is 2. The summed E-state index contributed by atoms with van der Waals surface area (Å²) in [6.45, 7) is 2.67. The van der Waals surface area contributed by atoms with Gasteiger partial charge in [-0.2, -0.15) is 0 Å². The van der Waals surface area contributed by atoms with Crippen molar-refractivity contribution in [3.63, 3.8) is 0 Å². The average Bonchev–Trinajstić information content (AvgIpc) is 2.38. The summed E-state index contributed by atoms with van der Waals surface area (Å²) in [5, 5.41) is 5.64. The molecule has 0 radical (unpaired) electrons. The van der Waals surface area contributed by atoms with Gasteiger partial charge in [0.1, 0.15) is 0 Å². The number of methoxy groups -OCH3 is 1. The molecule has 0 aliphatic carbocycles. The predicted molar refractivity (Wildman–Crippen MR) is 73.8 cm³/mol. The quantitative estimate of drug-likeness (QED) is 0.838. The van der Waals surface area contributed by atoms with E-state index in [1.54, 1.807) is 0 Å². The van der Waals surface area contributed by atoms with Crippen molar-refractivity contribution in [1.29, 1.82) is 0 Å². The number of nitrogens with one attached hydrogen (secondary N) is 1. The van der Waals surface area contributed by atoms with Crippen LogP contribution < -0.4 is 5.32 Å². The second-order valence-corrected chi connectivity index (χ2v) is 4.32. The predicted octanol–water partition coefficient (Wildman–Crippen LogP) is 3.12. The molecule has 0 unspecified atom stereocenters. The van der Waals surface area contributed by atoms with Crippen LogP contribution in [0.2, 0.25) is 0 Å². The summed E-state index contributed by atoms with van der Waals surface area (Å²) in [7, 11) is 1.40. The van der Waals surface area contributed by atoms with Crippen LogP contribution >= 0.6 is 0 Å². The van der Waals surface area contributed by atoms with Gasteiger partial charge < -0.3 is 10.1 Å². The first-order valence-electron chi connectivity index (χ1n) is 6.00. The van der Waals surface area contributed by atoms with E-state index in [1.165, 1.54) is 23.4 Å². The Kier molecular flexibility index (Phi) is 3.82. The monoisotopic (exact) mass is 243 g/mol. The molecule has 94 valence electrons. The molecule has 0 aromatic heterocycles. The van der Waals surface area contributed by atoms with Crippen molar-refractivity contribution in [3.8, 4) is 0 Å². The maximum absolute atomic E-state index is 11.0. The van der Waals surface area contributed by atoms with E-state index in [0.717, 1.165) is 5.69 Å². The van der Waals surface area contributed by atoms with E-state index in [-0.39, 0.29) is 5.97 Å². The molecule has 2 rings (SSSR count). The van der Waals surface area contributed by atoms with Crippen molar-refractivity contribution < 1.29 is 9.53 Å². The molecule has 0 spiro atoms. The first-order valence-corrected chi connectivity index (χ1v) is 6.00. The highest BCUT2D eigenvalue weighted by Gasteiger charge is 2.00. The highest BCUT2D eigenvalue weighted by molar-refractivity contribution is 5.86. The first-order chi connectivity index (χ1) is 8.69. The fraction of sp³-hybridized carbons (Fsp3) is 0.267. The summed E-state index contributed by atoms with van der Waals surface area (Å²) >= 11 is 0. The molecule has 3 heteroatoms. The van der Waals surface area contributed by atoms with E-state index >= 15 is 0 Å². The summed E-state index contributed by atoms with van der Waals surface area (Å²) in [5.41, 5.74) is 2.28. The smallest absolute Gasteiger partial charge is 0.307 e. The van der Waals surface area contributed by atoms with Gasteiger partial charge in [-0.15, -0.1) is 0 Å². The second kappa shape index (κ2) is 5.54. The van der Waals surface area contributed by atoms with Crippen LogP contribution in [-0.4, -0.2) is 19.6 Å². The lowest BCUT2D eigenvalue weighted by molar-refractivity contribution is -0.140. The number of hydrogen-bond acceptors (Lipinski definition) is 3. The Labute approximate surface area is 107 Å². The molecule has 0 saturated heterocycles. The zero-order valence-electron chi connectivity index (χ0n) is 10.7. The minimum atomic E-state index is -0.195. The maximum Gasteiger partial charge on any atom is 0.307 e. The summed E-state index contributed by atoms with van der Waals surface area (Å²) in [5.74, 6) is -0.195. The Balaban J connectivity index is 2.06. The third kappa shape index (κ3) is 3.00. The number of ether oxygens (including phenoxy) is 1. The van der Waals surface area contributed by atoms with Crippen molar-refractivity contribution in [2.24, 2.45) is 0 Å². The van der Waals surface area contributed by atoms with Gasteiger partial charge in [0.15, 0.2) is 0 Å². The third-order valence-electron chi connectivity index (χ3n) is 2.88. The summed E-state index contributed by atoms with van der Waals surface area (Å²) in [4.78, 5) is 11.0. The fourth-order valence-corrected chi connectivity index (χ4v) is 1.89. The maximum atomic E-state index is 11.0. The van der Waals surface area contributed by atoms with E-state index < -0.39 is 0 Å². The summed E-state index contributed by atoms with van der Waals surface area (Å²) in [6, 6.07) is 12.6.